The summed E-state index contributed by atoms with van der Waals surface area (Å²) in [5.74, 6) is 2.99. The Bertz CT molecular complexity index is 941. The fraction of sp³-hybridized carbons (Fsp3) is 0.500. The molecule has 1 saturated carbocycles. The number of methoxy groups -OCH3 is 1. The third-order valence-corrected chi connectivity index (χ3v) is 8.12. The lowest BCUT2D eigenvalue weighted by atomic mass is 9.54. The van der Waals surface area contributed by atoms with Crippen LogP contribution in [0, 0.1) is 17.3 Å². The third kappa shape index (κ3) is 4.14. The predicted octanol–water partition coefficient (Wildman–Crippen LogP) is 8.27. The number of fused-ring (bicyclic) bond motifs is 3. The minimum Gasteiger partial charge on any atom is -0.497 e. The summed E-state index contributed by atoms with van der Waals surface area (Å²) in [6.45, 7) is 4.72. The first kappa shape index (κ1) is 21.7. The van der Waals surface area contributed by atoms with Crippen LogP contribution in [0.15, 0.2) is 41.4 Å². The molecule has 4 heteroatoms. The monoisotopic (exact) mass is 443 g/mol. The lowest BCUT2D eigenvalue weighted by Gasteiger charge is -2.50. The van der Waals surface area contributed by atoms with Crippen LogP contribution in [0.2, 0.25) is 10.0 Å². The molecule has 2 nitrogen and oxygen atoms in total. The van der Waals surface area contributed by atoms with E-state index >= 15 is 0 Å². The van der Waals surface area contributed by atoms with E-state index in [0.29, 0.717) is 27.8 Å². The molecule has 0 saturated heterocycles. The number of ether oxygens (including phenoxy) is 1. The van der Waals surface area contributed by atoms with Gasteiger partial charge in [-0.1, -0.05) is 49.5 Å². The van der Waals surface area contributed by atoms with Crippen LogP contribution in [0.3, 0.4) is 0 Å². The van der Waals surface area contributed by atoms with E-state index in [1.807, 2.05) is 18.2 Å². The number of hydrogen-bond acceptors (Lipinski definition) is 2. The minimum atomic E-state index is 0.104. The summed E-state index contributed by atoms with van der Waals surface area (Å²) >= 11 is 12.3. The molecule has 0 aliphatic heterocycles. The Balaban J connectivity index is 1.62. The normalized spacial score (nSPS) is 28.2. The molecule has 0 amide bonds. The maximum absolute atomic E-state index is 6.19. The first-order valence-corrected chi connectivity index (χ1v) is 11.9. The van der Waals surface area contributed by atoms with Crippen molar-refractivity contribution in [3.63, 3.8) is 0 Å². The highest BCUT2D eigenvalue weighted by molar-refractivity contribution is 6.42. The highest BCUT2D eigenvalue weighted by Crippen LogP contribution is 2.55. The number of aryl methyl sites for hydroxylation is 1. The Hall–Kier alpha value is -1.51. The summed E-state index contributed by atoms with van der Waals surface area (Å²) in [4.78, 5) is 4.86. The van der Waals surface area contributed by atoms with Gasteiger partial charge in [0.05, 0.1) is 22.8 Å². The van der Waals surface area contributed by atoms with E-state index in [4.69, 9.17) is 32.9 Å². The maximum atomic E-state index is 6.19. The molecule has 2 aromatic rings. The number of hydrogen-bond donors (Lipinski definition) is 0. The Labute approximate surface area is 190 Å². The quantitative estimate of drug-likeness (QED) is 0.425. The van der Waals surface area contributed by atoms with Crippen LogP contribution in [0.25, 0.3) is 0 Å². The molecule has 4 rings (SSSR count). The highest BCUT2D eigenvalue weighted by Gasteiger charge is 2.47. The topological polar surface area (TPSA) is 21.6 Å². The Morgan fingerprint density at radius 2 is 1.97 bits per heavy atom. The van der Waals surface area contributed by atoms with Gasteiger partial charge < -0.3 is 4.74 Å². The smallest absolute Gasteiger partial charge is 0.119 e. The molecule has 0 N–H and O–H groups in total. The minimum absolute atomic E-state index is 0.104. The van der Waals surface area contributed by atoms with Gasteiger partial charge in [0, 0.05) is 11.6 Å². The van der Waals surface area contributed by atoms with E-state index in [1.54, 1.807) is 12.7 Å². The highest BCUT2D eigenvalue weighted by atomic mass is 35.5. The van der Waals surface area contributed by atoms with Gasteiger partial charge in [0.15, 0.2) is 0 Å². The summed E-state index contributed by atoms with van der Waals surface area (Å²) in [5, 5.41) is 1.13. The van der Waals surface area contributed by atoms with Crippen molar-refractivity contribution >= 4 is 35.1 Å². The van der Waals surface area contributed by atoms with Crippen LogP contribution in [0.1, 0.15) is 63.0 Å². The standard InChI is InChI=1S/C26H31Cl2NO/c1-4-5-23-22-9-6-17-14-19(30-3)8-10-20(17)21(22)12-13-26(23,2)16-29-18-7-11-24(27)25(28)15-18/h7-8,10-11,14-16,21-23H,4-6,9,12-13H2,1-3H3/t21-,22-,23+,26-/m1/s1. The van der Waals surface area contributed by atoms with Crippen molar-refractivity contribution in [2.45, 2.75) is 58.3 Å². The van der Waals surface area contributed by atoms with Crippen LogP contribution in [-0.4, -0.2) is 13.3 Å². The van der Waals surface area contributed by atoms with E-state index in [0.717, 1.165) is 24.3 Å². The van der Waals surface area contributed by atoms with Crippen LogP contribution in [-0.2, 0) is 6.42 Å². The second-order valence-corrected chi connectivity index (χ2v) is 9.98. The molecule has 1 fully saturated rings. The molecule has 4 atom stereocenters. The average molecular weight is 444 g/mol. The number of aliphatic imine (C=N–C) groups is 1. The van der Waals surface area contributed by atoms with Crippen molar-refractivity contribution < 1.29 is 4.74 Å². The molecule has 30 heavy (non-hydrogen) atoms. The van der Waals surface area contributed by atoms with Crippen molar-refractivity contribution in [3.05, 3.63) is 57.6 Å². The molecule has 0 radical (unpaired) electrons. The molecule has 0 aromatic heterocycles. The van der Waals surface area contributed by atoms with Gasteiger partial charge in [0.25, 0.3) is 0 Å². The molecule has 2 aliphatic carbocycles. The van der Waals surface area contributed by atoms with Gasteiger partial charge in [-0.25, -0.2) is 0 Å². The Morgan fingerprint density at radius 1 is 1.13 bits per heavy atom. The molecule has 2 aliphatic rings. The van der Waals surface area contributed by atoms with Crippen molar-refractivity contribution in [1.82, 2.24) is 0 Å². The Kier molecular flexibility index (Phi) is 6.46. The second-order valence-electron chi connectivity index (χ2n) is 9.17. The van der Waals surface area contributed by atoms with Crippen molar-refractivity contribution in [3.8, 4) is 5.75 Å². The zero-order chi connectivity index (χ0) is 21.3. The zero-order valence-electron chi connectivity index (χ0n) is 18.1. The van der Waals surface area contributed by atoms with Gasteiger partial charge >= 0.3 is 0 Å². The van der Waals surface area contributed by atoms with Crippen LogP contribution < -0.4 is 4.74 Å². The molecular formula is C26H31Cl2NO. The molecule has 0 unspecified atom stereocenters. The van der Waals surface area contributed by atoms with Gasteiger partial charge in [-0.05, 0) is 91.3 Å². The van der Waals surface area contributed by atoms with E-state index in [-0.39, 0.29) is 5.41 Å². The SMILES string of the molecule is CCC[C@H]1[C@@H]2CCc3cc(OC)ccc3[C@H]2CC[C@]1(C)C=Nc1ccc(Cl)c(Cl)c1. The van der Waals surface area contributed by atoms with E-state index in [1.165, 1.54) is 31.2 Å². The fourth-order valence-electron chi connectivity index (χ4n) is 5.84. The van der Waals surface area contributed by atoms with Crippen molar-refractivity contribution in [2.75, 3.05) is 7.11 Å². The van der Waals surface area contributed by atoms with E-state index < -0.39 is 0 Å². The number of nitrogens with zero attached hydrogens (tertiary/aromatic N) is 1. The number of benzene rings is 2. The summed E-state index contributed by atoms with van der Waals surface area (Å²) in [6, 6.07) is 12.3. The van der Waals surface area contributed by atoms with Crippen LogP contribution in [0.4, 0.5) is 5.69 Å². The van der Waals surface area contributed by atoms with Crippen LogP contribution >= 0.6 is 23.2 Å². The van der Waals surface area contributed by atoms with E-state index in [9.17, 15) is 0 Å². The molecule has 0 spiro atoms. The summed E-state index contributed by atoms with van der Waals surface area (Å²) in [6.07, 6.45) is 9.45. The number of rotatable bonds is 5. The second kappa shape index (κ2) is 8.93. The summed E-state index contributed by atoms with van der Waals surface area (Å²) in [5.41, 5.74) is 4.02. The van der Waals surface area contributed by atoms with Gasteiger partial charge in [0.2, 0.25) is 0 Å². The average Bonchev–Trinajstić information content (AvgIpc) is 2.76. The van der Waals surface area contributed by atoms with E-state index in [2.05, 4.69) is 38.3 Å². The van der Waals surface area contributed by atoms with Gasteiger partial charge in [-0.2, -0.15) is 0 Å². The van der Waals surface area contributed by atoms with Crippen LogP contribution in [0.5, 0.6) is 5.75 Å². The number of halogens is 2. The maximum Gasteiger partial charge on any atom is 0.119 e. The van der Waals surface area contributed by atoms with Crippen molar-refractivity contribution in [1.29, 1.82) is 0 Å². The fourth-order valence-corrected chi connectivity index (χ4v) is 6.13. The Morgan fingerprint density at radius 3 is 2.70 bits per heavy atom. The largest absolute Gasteiger partial charge is 0.497 e. The zero-order valence-corrected chi connectivity index (χ0v) is 19.6. The lowest BCUT2D eigenvalue weighted by molar-refractivity contribution is 0.0784. The first-order chi connectivity index (χ1) is 14.4. The van der Waals surface area contributed by atoms with Crippen molar-refractivity contribution in [2.24, 2.45) is 22.2 Å². The molecule has 0 heterocycles. The predicted molar refractivity (Wildman–Crippen MR) is 128 cm³/mol. The summed E-state index contributed by atoms with van der Waals surface area (Å²) < 4.78 is 5.46. The molecule has 160 valence electrons. The molecule has 2 aromatic carbocycles. The summed E-state index contributed by atoms with van der Waals surface area (Å²) in [7, 11) is 1.75. The molecular weight excluding hydrogens is 413 g/mol. The van der Waals surface area contributed by atoms with Gasteiger partial charge in [-0.3, -0.25) is 4.99 Å². The molecule has 0 bridgehead atoms. The first-order valence-electron chi connectivity index (χ1n) is 11.1. The third-order valence-electron chi connectivity index (χ3n) is 7.38. The van der Waals surface area contributed by atoms with Gasteiger partial charge in [-0.15, -0.1) is 0 Å². The van der Waals surface area contributed by atoms with Gasteiger partial charge in [0.1, 0.15) is 5.75 Å². The lowest BCUT2D eigenvalue weighted by Crippen LogP contribution is -2.43.